The van der Waals surface area contributed by atoms with E-state index in [1.807, 2.05) is 0 Å². The molecule has 5 heteroatoms. The van der Waals surface area contributed by atoms with Gasteiger partial charge in [0.1, 0.15) is 11.6 Å². The third-order valence-electron chi connectivity index (χ3n) is 3.26. The Hall–Kier alpha value is -1.10. The van der Waals surface area contributed by atoms with Crippen LogP contribution in [-0.4, -0.2) is 61.0 Å². The zero-order valence-electron chi connectivity index (χ0n) is 11.3. The van der Waals surface area contributed by atoms with E-state index in [9.17, 15) is 9.59 Å². The van der Waals surface area contributed by atoms with E-state index in [-0.39, 0.29) is 17.9 Å². The zero-order valence-corrected chi connectivity index (χ0v) is 11.3. The lowest BCUT2D eigenvalue weighted by atomic mass is 10.1. The van der Waals surface area contributed by atoms with Crippen LogP contribution in [0, 0.1) is 0 Å². The average Bonchev–Trinajstić information content (AvgIpc) is 2.75. The lowest BCUT2D eigenvalue weighted by Gasteiger charge is -2.32. The van der Waals surface area contributed by atoms with Crippen molar-refractivity contribution in [1.82, 2.24) is 9.80 Å². The molecule has 98 valence electrons. The number of carbonyl (C=O) groups is 2. The molecule has 0 N–H and O–H groups in total. The predicted molar refractivity (Wildman–Crippen MR) is 64.5 cm³/mol. The fourth-order valence-corrected chi connectivity index (χ4v) is 2.00. The third-order valence-corrected chi connectivity index (χ3v) is 3.26. The van der Waals surface area contributed by atoms with Crippen molar-refractivity contribution in [3.05, 3.63) is 0 Å². The number of rotatable bonds is 3. The highest BCUT2D eigenvalue weighted by Crippen LogP contribution is 2.23. The van der Waals surface area contributed by atoms with Gasteiger partial charge in [0.05, 0.1) is 0 Å². The smallest absolute Gasteiger partial charge is 0.254 e. The number of hydrogen-bond donors (Lipinski definition) is 0. The molecule has 1 fully saturated rings. The van der Waals surface area contributed by atoms with Gasteiger partial charge in [-0.2, -0.15) is 0 Å². The normalized spacial score (nSPS) is 20.5. The van der Waals surface area contributed by atoms with E-state index in [0.29, 0.717) is 6.54 Å². The summed E-state index contributed by atoms with van der Waals surface area (Å²) in [5.41, 5.74) is -0.866. The summed E-state index contributed by atoms with van der Waals surface area (Å²) >= 11 is 0. The lowest BCUT2D eigenvalue weighted by Crippen LogP contribution is -2.52. The zero-order chi connectivity index (χ0) is 13.2. The molecule has 1 aliphatic heterocycles. The van der Waals surface area contributed by atoms with Gasteiger partial charge < -0.3 is 14.5 Å². The molecule has 0 bridgehead atoms. The third kappa shape index (κ3) is 2.77. The molecule has 0 aliphatic carbocycles. The van der Waals surface area contributed by atoms with Crippen LogP contribution in [0.2, 0.25) is 0 Å². The Morgan fingerprint density at radius 1 is 1.35 bits per heavy atom. The van der Waals surface area contributed by atoms with Crippen molar-refractivity contribution in [2.75, 3.05) is 27.7 Å². The van der Waals surface area contributed by atoms with E-state index >= 15 is 0 Å². The van der Waals surface area contributed by atoms with Crippen molar-refractivity contribution in [3.8, 4) is 0 Å². The van der Waals surface area contributed by atoms with Gasteiger partial charge in [0.15, 0.2) is 0 Å². The molecule has 2 amide bonds. The van der Waals surface area contributed by atoms with Gasteiger partial charge in [0, 0.05) is 27.7 Å². The first-order valence-electron chi connectivity index (χ1n) is 5.88. The number of nitrogens with zero attached hydrogens (tertiary/aromatic N) is 2. The lowest BCUT2D eigenvalue weighted by molar-refractivity contribution is -0.155. The van der Waals surface area contributed by atoms with Crippen molar-refractivity contribution >= 4 is 11.8 Å². The highest BCUT2D eigenvalue weighted by atomic mass is 16.5. The maximum absolute atomic E-state index is 12.3. The summed E-state index contributed by atoms with van der Waals surface area (Å²) in [4.78, 5) is 27.4. The molecule has 0 aromatic carbocycles. The minimum atomic E-state index is -0.866. The van der Waals surface area contributed by atoms with Crippen LogP contribution in [0.5, 0.6) is 0 Å². The molecule has 0 radical (unpaired) electrons. The van der Waals surface area contributed by atoms with Gasteiger partial charge in [-0.25, -0.2) is 0 Å². The monoisotopic (exact) mass is 242 g/mol. The number of amides is 2. The van der Waals surface area contributed by atoms with E-state index in [1.165, 1.54) is 12.0 Å². The summed E-state index contributed by atoms with van der Waals surface area (Å²) in [6.07, 6.45) is 1.61. The summed E-state index contributed by atoms with van der Waals surface area (Å²) < 4.78 is 5.18. The molecule has 1 unspecified atom stereocenters. The Kier molecular flexibility index (Phi) is 4.14. The van der Waals surface area contributed by atoms with Gasteiger partial charge >= 0.3 is 0 Å². The molecule has 17 heavy (non-hydrogen) atoms. The van der Waals surface area contributed by atoms with E-state index in [0.717, 1.165) is 12.8 Å². The second-order valence-corrected chi connectivity index (χ2v) is 5.10. The molecule has 0 aromatic heterocycles. The molecule has 0 spiro atoms. The second-order valence-electron chi connectivity index (χ2n) is 5.10. The number of methoxy groups -OCH3 is 1. The number of hydrogen-bond acceptors (Lipinski definition) is 3. The standard InChI is InChI=1S/C12H22N2O3/c1-12(2,17-5)11(16)14-8-6-7-9(14)10(15)13(3)4/h9H,6-8H2,1-5H3. The number of likely N-dealkylation sites (tertiary alicyclic amines) is 1. The number of likely N-dealkylation sites (N-methyl/N-ethyl adjacent to an activating group) is 1. The minimum Gasteiger partial charge on any atom is -0.369 e. The molecular formula is C12H22N2O3. The molecule has 5 nitrogen and oxygen atoms in total. The highest BCUT2D eigenvalue weighted by Gasteiger charge is 2.41. The van der Waals surface area contributed by atoms with Gasteiger partial charge in [-0.3, -0.25) is 9.59 Å². The van der Waals surface area contributed by atoms with E-state index in [2.05, 4.69) is 0 Å². The van der Waals surface area contributed by atoms with Crippen molar-refractivity contribution < 1.29 is 14.3 Å². The SMILES string of the molecule is COC(C)(C)C(=O)N1CCCC1C(=O)N(C)C. The molecule has 0 aromatic rings. The number of carbonyl (C=O) groups excluding carboxylic acids is 2. The van der Waals surface area contributed by atoms with Crippen LogP contribution in [0.1, 0.15) is 26.7 Å². The first-order chi connectivity index (χ1) is 7.81. The van der Waals surface area contributed by atoms with Crippen LogP contribution in [0.4, 0.5) is 0 Å². The molecule has 1 atom stereocenters. The first-order valence-corrected chi connectivity index (χ1v) is 5.88. The highest BCUT2D eigenvalue weighted by molar-refractivity contribution is 5.91. The van der Waals surface area contributed by atoms with Crippen LogP contribution in [-0.2, 0) is 14.3 Å². The molecular weight excluding hydrogens is 220 g/mol. The quantitative estimate of drug-likeness (QED) is 0.723. The molecule has 1 saturated heterocycles. The van der Waals surface area contributed by atoms with Gasteiger partial charge in [-0.1, -0.05) is 0 Å². The summed E-state index contributed by atoms with van der Waals surface area (Å²) in [5.74, 6) is -0.125. The fourth-order valence-electron chi connectivity index (χ4n) is 2.00. The van der Waals surface area contributed by atoms with Crippen LogP contribution in [0.3, 0.4) is 0 Å². The molecule has 1 rings (SSSR count). The predicted octanol–water partition coefficient (Wildman–Crippen LogP) is 0.491. The van der Waals surface area contributed by atoms with E-state index in [1.54, 1.807) is 32.8 Å². The maximum Gasteiger partial charge on any atom is 0.254 e. The van der Waals surface area contributed by atoms with Crippen molar-refractivity contribution in [1.29, 1.82) is 0 Å². The molecule has 1 heterocycles. The fraction of sp³-hybridized carbons (Fsp3) is 0.833. The van der Waals surface area contributed by atoms with E-state index < -0.39 is 5.60 Å². The molecule has 0 saturated carbocycles. The topological polar surface area (TPSA) is 49.9 Å². The minimum absolute atomic E-state index is 0.0113. The Labute approximate surface area is 103 Å². The van der Waals surface area contributed by atoms with Crippen molar-refractivity contribution in [2.45, 2.75) is 38.3 Å². The van der Waals surface area contributed by atoms with Crippen LogP contribution < -0.4 is 0 Å². The Morgan fingerprint density at radius 3 is 2.41 bits per heavy atom. The summed E-state index contributed by atoms with van der Waals surface area (Å²) in [6.45, 7) is 4.09. The van der Waals surface area contributed by atoms with Crippen LogP contribution in [0.15, 0.2) is 0 Å². The van der Waals surface area contributed by atoms with Crippen molar-refractivity contribution in [3.63, 3.8) is 0 Å². The van der Waals surface area contributed by atoms with E-state index in [4.69, 9.17) is 4.74 Å². The summed E-state index contributed by atoms with van der Waals surface area (Å²) in [7, 11) is 4.94. The molecule has 1 aliphatic rings. The maximum atomic E-state index is 12.3. The Balaban J connectivity index is 2.83. The largest absolute Gasteiger partial charge is 0.369 e. The second kappa shape index (κ2) is 5.04. The van der Waals surface area contributed by atoms with Gasteiger partial charge in [-0.05, 0) is 26.7 Å². The Morgan fingerprint density at radius 2 is 1.94 bits per heavy atom. The van der Waals surface area contributed by atoms with Gasteiger partial charge in [0.25, 0.3) is 5.91 Å². The average molecular weight is 242 g/mol. The number of ether oxygens (including phenoxy) is 1. The Bertz CT molecular complexity index is 313. The summed E-state index contributed by atoms with van der Waals surface area (Å²) in [6, 6.07) is -0.327. The van der Waals surface area contributed by atoms with Gasteiger partial charge in [0.2, 0.25) is 5.91 Å². The first kappa shape index (κ1) is 14.0. The van der Waals surface area contributed by atoms with Gasteiger partial charge in [-0.15, -0.1) is 0 Å². The summed E-state index contributed by atoms with van der Waals surface area (Å²) in [5, 5.41) is 0. The van der Waals surface area contributed by atoms with Crippen LogP contribution >= 0.6 is 0 Å². The van der Waals surface area contributed by atoms with Crippen molar-refractivity contribution in [2.24, 2.45) is 0 Å². The van der Waals surface area contributed by atoms with Crippen LogP contribution in [0.25, 0.3) is 0 Å².